The van der Waals surface area contributed by atoms with Crippen molar-refractivity contribution >= 4 is 22.7 Å². The molecule has 2 unspecified atom stereocenters. The largest absolute Gasteiger partial charge is 0.388 e. The average Bonchev–Trinajstić information content (AvgIpc) is 3.19. The summed E-state index contributed by atoms with van der Waals surface area (Å²) < 4.78 is 7.32. The Morgan fingerprint density at radius 1 is 1.26 bits per heavy atom. The van der Waals surface area contributed by atoms with Crippen LogP contribution in [-0.4, -0.2) is 53.0 Å². The Bertz CT molecular complexity index is 1010. The number of imidazole rings is 1. The first-order valence-electron chi connectivity index (χ1n) is 8.13. The van der Waals surface area contributed by atoms with Gasteiger partial charge in [-0.2, -0.15) is 0 Å². The maximum Gasteiger partial charge on any atom is 0.269 e. The Balaban J connectivity index is 1.60. The molecule has 0 bridgehead atoms. The second kappa shape index (κ2) is 6.54. The summed E-state index contributed by atoms with van der Waals surface area (Å²) in [4.78, 5) is 22.5. The van der Waals surface area contributed by atoms with E-state index in [1.807, 2.05) is 0 Å². The smallest absolute Gasteiger partial charge is 0.269 e. The standard InChI is InChI=1S/C16H16N6O5/c17-14-11-15(19-6-18-14)21(7-20-11)16-13(24)12(23)10(27-16)5-8-2-1-3-9(4-8)22(25)26/h1-4,6-7,10,12-13,16,23-24H,5H2,(H2,17,18,19)/t10-,12?,13?,16-/m1/s1. The number of fused-ring (bicyclic) bond motifs is 1. The lowest BCUT2D eigenvalue weighted by Gasteiger charge is -2.16. The lowest BCUT2D eigenvalue weighted by atomic mass is 10.0. The number of hydrogen-bond donors (Lipinski definition) is 3. The number of nitrogen functional groups attached to an aromatic ring is 1. The van der Waals surface area contributed by atoms with E-state index < -0.39 is 29.5 Å². The lowest BCUT2D eigenvalue weighted by Crippen LogP contribution is -2.32. The molecule has 1 aromatic carbocycles. The molecule has 1 fully saturated rings. The number of aliphatic hydroxyl groups excluding tert-OH is 2. The molecule has 2 aromatic heterocycles. The summed E-state index contributed by atoms with van der Waals surface area (Å²) in [7, 11) is 0. The Kier molecular flexibility index (Phi) is 4.18. The van der Waals surface area contributed by atoms with E-state index in [2.05, 4.69) is 15.0 Å². The first kappa shape index (κ1) is 17.3. The Morgan fingerprint density at radius 2 is 2.07 bits per heavy atom. The van der Waals surface area contributed by atoms with Crippen molar-refractivity contribution in [2.75, 3.05) is 5.73 Å². The highest BCUT2D eigenvalue weighted by Crippen LogP contribution is 2.33. The van der Waals surface area contributed by atoms with E-state index in [-0.39, 0.29) is 17.9 Å². The molecule has 3 heterocycles. The third-order valence-electron chi connectivity index (χ3n) is 4.56. The number of non-ortho nitro benzene ring substituents is 1. The van der Waals surface area contributed by atoms with Gasteiger partial charge in [0.1, 0.15) is 24.1 Å². The number of benzene rings is 1. The number of ether oxygens (including phenoxy) is 1. The summed E-state index contributed by atoms with van der Waals surface area (Å²) in [5, 5.41) is 31.8. The van der Waals surface area contributed by atoms with Gasteiger partial charge >= 0.3 is 0 Å². The van der Waals surface area contributed by atoms with Crippen LogP contribution in [0.2, 0.25) is 0 Å². The van der Waals surface area contributed by atoms with Crippen molar-refractivity contribution < 1.29 is 19.9 Å². The van der Waals surface area contributed by atoms with Gasteiger partial charge in [-0.25, -0.2) is 15.0 Å². The van der Waals surface area contributed by atoms with E-state index in [1.54, 1.807) is 12.1 Å². The average molecular weight is 372 g/mol. The van der Waals surface area contributed by atoms with Crippen molar-refractivity contribution in [3.63, 3.8) is 0 Å². The highest BCUT2D eigenvalue weighted by molar-refractivity contribution is 5.81. The topological polar surface area (TPSA) is 162 Å². The maximum atomic E-state index is 10.9. The molecule has 1 aliphatic rings. The molecule has 3 aromatic rings. The molecule has 0 radical (unpaired) electrons. The van der Waals surface area contributed by atoms with Crippen LogP contribution in [0.5, 0.6) is 0 Å². The van der Waals surface area contributed by atoms with Gasteiger partial charge in [0.25, 0.3) is 5.69 Å². The van der Waals surface area contributed by atoms with Crippen LogP contribution in [-0.2, 0) is 11.2 Å². The minimum Gasteiger partial charge on any atom is -0.388 e. The van der Waals surface area contributed by atoms with Crippen molar-refractivity contribution in [3.8, 4) is 0 Å². The fourth-order valence-electron chi connectivity index (χ4n) is 3.21. The molecule has 0 saturated carbocycles. The highest BCUT2D eigenvalue weighted by atomic mass is 16.6. The van der Waals surface area contributed by atoms with Gasteiger partial charge in [-0.1, -0.05) is 12.1 Å². The Morgan fingerprint density at radius 3 is 2.85 bits per heavy atom. The quantitative estimate of drug-likeness (QED) is 0.428. The zero-order valence-electron chi connectivity index (χ0n) is 13.9. The predicted octanol–water partition coefficient (Wildman–Crippen LogP) is 0.179. The number of anilines is 1. The number of aliphatic hydroxyl groups is 2. The molecule has 1 saturated heterocycles. The number of rotatable bonds is 4. The van der Waals surface area contributed by atoms with Gasteiger partial charge in [-0.15, -0.1) is 0 Å². The minimum atomic E-state index is -1.23. The maximum absolute atomic E-state index is 10.9. The number of aromatic nitrogens is 4. The highest BCUT2D eigenvalue weighted by Gasteiger charge is 2.44. The van der Waals surface area contributed by atoms with Crippen molar-refractivity contribution in [2.45, 2.75) is 31.0 Å². The third-order valence-corrected chi connectivity index (χ3v) is 4.56. The predicted molar refractivity (Wildman–Crippen MR) is 92.5 cm³/mol. The molecule has 27 heavy (non-hydrogen) atoms. The second-order valence-corrected chi connectivity index (χ2v) is 6.26. The van der Waals surface area contributed by atoms with Crippen LogP contribution in [0.3, 0.4) is 0 Å². The summed E-state index contributed by atoms with van der Waals surface area (Å²) in [6, 6.07) is 6.06. The molecule has 1 aliphatic heterocycles. The number of hydrogen-bond acceptors (Lipinski definition) is 9. The lowest BCUT2D eigenvalue weighted by molar-refractivity contribution is -0.384. The zero-order chi connectivity index (χ0) is 19.1. The fourth-order valence-corrected chi connectivity index (χ4v) is 3.21. The van der Waals surface area contributed by atoms with Crippen molar-refractivity contribution in [2.24, 2.45) is 0 Å². The summed E-state index contributed by atoms with van der Waals surface area (Å²) in [6.07, 6.45) is -1.24. The van der Waals surface area contributed by atoms with Crippen LogP contribution >= 0.6 is 0 Å². The molecule has 0 amide bonds. The number of nitro benzene ring substituents is 1. The SMILES string of the molecule is Nc1ncnc2c1ncn2[C@@H]1O[C@H](Cc2cccc([N+](=O)[O-])c2)C(O)C1O. The summed E-state index contributed by atoms with van der Waals surface area (Å²) in [6.45, 7) is 0. The first-order chi connectivity index (χ1) is 13.0. The van der Waals surface area contributed by atoms with E-state index in [4.69, 9.17) is 10.5 Å². The van der Waals surface area contributed by atoms with Crippen molar-refractivity contribution in [3.05, 3.63) is 52.6 Å². The monoisotopic (exact) mass is 372 g/mol. The van der Waals surface area contributed by atoms with Gasteiger partial charge in [0.05, 0.1) is 17.4 Å². The van der Waals surface area contributed by atoms with E-state index in [0.29, 0.717) is 16.7 Å². The molecule has 0 aliphatic carbocycles. The van der Waals surface area contributed by atoms with E-state index >= 15 is 0 Å². The molecular formula is C16H16N6O5. The van der Waals surface area contributed by atoms with Gasteiger partial charge in [0, 0.05) is 18.6 Å². The van der Waals surface area contributed by atoms with Crippen LogP contribution < -0.4 is 5.73 Å². The molecule has 4 N–H and O–H groups in total. The molecule has 140 valence electrons. The zero-order valence-corrected chi connectivity index (χ0v) is 13.9. The van der Waals surface area contributed by atoms with E-state index in [0.717, 1.165) is 0 Å². The normalized spacial score (nSPS) is 25.1. The Hall–Kier alpha value is -3.15. The summed E-state index contributed by atoms with van der Waals surface area (Å²) in [5.74, 6) is 0.194. The van der Waals surface area contributed by atoms with Crippen molar-refractivity contribution in [1.82, 2.24) is 19.5 Å². The van der Waals surface area contributed by atoms with Gasteiger partial charge in [-0.05, 0) is 5.56 Å². The molecular weight excluding hydrogens is 356 g/mol. The first-order valence-corrected chi connectivity index (χ1v) is 8.13. The molecule has 4 atom stereocenters. The van der Waals surface area contributed by atoms with Crippen LogP contribution in [0.25, 0.3) is 11.2 Å². The van der Waals surface area contributed by atoms with E-state index in [9.17, 15) is 20.3 Å². The number of nitrogens with two attached hydrogens (primary N) is 1. The van der Waals surface area contributed by atoms with Crippen LogP contribution in [0.1, 0.15) is 11.8 Å². The molecule has 11 nitrogen and oxygen atoms in total. The fraction of sp³-hybridized carbons (Fsp3) is 0.312. The molecule has 0 spiro atoms. The summed E-state index contributed by atoms with van der Waals surface area (Å²) in [5.41, 5.74) is 7.06. The Labute approximate surface area is 152 Å². The van der Waals surface area contributed by atoms with Gasteiger partial charge in [0.15, 0.2) is 17.7 Å². The van der Waals surface area contributed by atoms with Gasteiger partial charge in [-0.3, -0.25) is 14.7 Å². The molecule has 4 rings (SSSR count). The van der Waals surface area contributed by atoms with Crippen LogP contribution in [0.15, 0.2) is 36.9 Å². The minimum absolute atomic E-state index is 0.0511. The van der Waals surface area contributed by atoms with Gasteiger partial charge < -0.3 is 20.7 Å². The van der Waals surface area contributed by atoms with Gasteiger partial charge in [0.2, 0.25) is 0 Å². The number of nitro groups is 1. The number of nitrogens with zero attached hydrogens (tertiary/aromatic N) is 5. The summed E-state index contributed by atoms with van der Waals surface area (Å²) >= 11 is 0. The molecule has 11 heteroatoms. The van der Waals surface area contributed by atoms with Crippen molar-refractivity contribution in [1.29, 1.82) is 0 Å². The van der Waals surface area contributed by atoms with Crippen LogP contribution in [0, 0.1) is 10.1 Å². The third kappa shape index (κ3) is 2.97. The van der Waals surface area contributed by atoms with Crippen LogP contribution in [0.4, 0.5) is 11.5 Å². The second-order valence-electron chi connectivity index (χ2n) is 6.26. The van der Waals surface area contributed by atoms with E-state index in [1.165, 1.54) is 29.4 Å².